The van der Waals surface area contributed by atoms with Gasteiger partial charge in [0.05, 0.1) is 6.61 Å². The minimum atomic E-state index is 0.496. The van der Waals surface area contributed by atoms with Crippen LogP contribution in [0, 0.1) is 5.92 Å². The lowest BCUT2D eigenvalue weighted by atomic mass is 9.79. The minimum Gasteiger partial charge on any atom is -0.494 e. The Morgan fingerprint density at radius 1 is 1.28 bits per heavy atom. The fourth-order valence-electron chi connectivity index (χ4n) is 2.50. The highest BCUT2D eigenvalue weighted by molar-refractivity contribution is 5.29. The third kappa shape index (κ3) is 3.49. The average molecular weight is 247 g/mol. The van der Waals surface area contributed by atoms with E-state index in [-0.39, 0.29) is 0 Å². The number of hydrogen-bond acceptors (Lipinski definition) is 2. The summed E-state index contributed by atoms with van der Waals surface area (Å²) in [7, 11) is 2.06. The number of rotatable bonds is 7. The van der Waals surface area contributed by atoms with Crippen molar-refractivity contribution in [1.29, 1.82) is 0 Å². The number of nitrogens with one attached hydrogen (secondary N) is 1. The lowest BCUT2D eigenvalue weighted by Gasteiger charge is -2.29. The van der Waals surface area contributed by atoms with Crippen molar-refractivity contribution in [3.63, 3.8) is 0 Å². The van der Waals surface area contributed by atoms with Crippen molar-refractivity contribution in [2.45, 2.75) is 45.1 Å². The summed E-state index contributed by atoms with van der Waals surface area (Å²) in [6.45, 7) is 2.93. The van der Waals surface area contributed by atoms with Gasteiger partial charge in [0.2, 0.25) is 0 Å². The normalized spacial score (nSPS) is 17.2. The van der Waals surface area contributed by atoms with Crippen LogP contribution < -0.4 is 10.1 Å². The molecule has 0 radical (unpaired) electrons. The average Bonchev–Trinajstić information content (AvgIpc) is 2.36. The summed E-state index contributed by atoms with van der Waals surface area (Å²) in [4.78, 5) is 0. The molecule has 1 aliphatic carbocycles. The van der Waals surface area contributed by atoms with E-state index in [0.717, 1.165) is 24.7 Å². The summed E-state index contributed by atoms with van der Waals surface area (Å²) >= 11 is 0. The van der Waals surface area contributed by atoms with Crippen molar-refractivity contribution in [3.8, 4) is 5.75 Å². The van der Waals surface area contributed by atoms with Crippen LogP contribution in [0.1, 0.15) is 50.6 Å². The molecule has 0 aromatic heterocycles. The molecule has 2 nitrogen and oxygen atoms in total. The number of hydrogen-bond donors (Lipinski definition) is 1. The molecule has 2 heteroatoms. The van der Waals surface area contributed by atoms with Gasteiger partial charge in [0, 0.05) is 6.04 Å². The third-order valence-electron chi connectivity index (χ3n) is 3.90. The van der Waals surface area contributed by atoms with Gasteiger partial charge in [0.25, 0.3) is 0 Å². The van der Waals surface area contributed by atoms with E-state index < -0.39 is 0 Å². The first kappa shape index (κ1) is 13.4. The summed E-state index contributed by atoms with van der Waals surface area (Å²) in [5.41, 5.74) is 1.38. The zero-order valence-corrected chi connectivity index (χ0v) is 11.6. The predicted molar refractivity (Wildman–Crippen MR) is 76.0 cm³/mol. The van der Waals surface area contributed by atoms with Crippen LogP contribution in [0.5, 0.6) is 5.75 Å². The maximum absolute atomic E-state index is 5.62. The smallest absolute Gasteiger partial charge is 0.119 e. The van der Waals surface area contributed by atoms with Crippen molar-refractivity contribution in [2.24, 2.45) is 5.92 Å². The van der Waals surface area contributed by atoms with Gasteiger partial charge in [-0.3, -0.25) is 0 Å². The standard InChI is InChI=1S/C16H25NO/c1-3-11-18-15-9-7-14(8-10-15)16(17-2)12-13-5-4-6-13/h7-10,13,16-17H,3-6,11-12H2,1-2H3. The van der Waals surface area contributed by atoms with Crippen LogP contribution in [-0.2, 0) is 0 Å². The fourth-order valence-corrected chi connectivity index (χ4v) is 2.50. The Labute approximate surface area is 111 Å². The van der Waals surface area contributed by atoms with Gasteiger partial charge in [-0.2, -0.15) is 0 Å². The number of ether oxygens (including phenoxy) is 1. The van der Waals surface area contributed by atoms with E-state index in [2.05, 4.69) is 43.6 Å². The Kier molecular flexibility index (Phi) is 5.06. The summed E-state index contributed by atoms with van der Waals surface area (Å²) < 4.78 is 5.62. The molecule has 1 unspecified atom stereocenters. The Balaban J connectivity index is 1.92. The molecule has 0 aliphatic heterocycles. The van der Waals surface area contributed by atoms with E-state index in [9.17, 15) is 0 Å². The zero-order valence-electron chi connectivity index (χ0n) is 11.6. The molecule has 1 atom stereocenters. The lowest BCUT2D eigenvalue weighted by molar-refractivity contribution is 0.265. The van der Waals surface area contributed by atoms with Crippen LogP contribution in [0.15, 0.2) is 24.3 Å². The third-order valence-corrected chi connectivity index (χ3v) is 3.90. The topological polar surface area (TPSA) is 21.3 Å². The van der Waals surface area contributed by atoms with Crippen LogP contribution in [-0.4, -0.2) is 13.7 Å². The summed E-state index contributed by atoms with van der Waals surface area (Å²) in [5, 5.41) is 3.44. The fraction of sp³-hybridized carbons (Fsp3) is 0.625. The minimum absolute atomic E-state index is 0.496. The Morgan fingerprint density at radius 2 is 2.00 bits per heavy atom. The van der Waals surface area contributed by atoms with Crippen LogP contribution in [0.25, 0.3) is 0 Å². The largest absolute Gasteiger partial charge is 0.494 e. The van der Waals surface area contributed by atoms with E-state index >= 15 is 0 Å². The highest BCUT2D eigenvalue weighted by Gasteiger charge is 2.22. The van der Waals surface area contributed by atoms with Crippen LogP contribution in [0.3, 0.4) is 0 Å². The lowest BCUT2D eigenvalue weighted by Crippen LogP contribution is -2.23. The quantitative estimate of drug-likeness (QED) is 0.788. The van der Waals surface area contributed by atoms with Crippen LogP contribution >= 0.6 is 0 Å². The molecule has 1 aliphatic rings. The second-order valence-corrected chi connectivity index (χ2v) is 5.29. The molecule has 1 fully saturated rings. The van der Waals surface area contributed by atoms with Crippen LogP contribution in [0.4, 0.5) is 0 Å². The van der Waals surface area contributed by atoms with Gasteiger partial charge in [-0.15, -0.1) is 0 Å². The van der Waals surface area contributed by atoms with Crippen molar-refractivity contribution >= 4 is 0 Å². The van der Waals surface area contributed by atoms with Gasteiger partial charge in [0.1, 0.15) is 5.75 Å². The van der Waals surface area contributed by atoms with Crippen molar-refractivity contribution in [2.75, 3.05) is 13.7 Å². The Hall–Kier alpha value is -1.02. The van der Waals surface area contributed by atoms with Crippen molar-refractivity contribution in [1.82, 2.24) is 5.32 Å². The molecule has 0 bridgehead atoms. The van der Waals surface area contributed by atoms with Gasteiger partial charge in [-0.05, 0) is 43.5 Å². The molecular formula is C16H25NO. The first-order valence-electron chi connectivity index (χ1n) is 7.23. The molecule has 18 heavy (non-hydrogen) atoms. The number of benzene rings is 1. The molecule has 0 amide bonds. The second kappa shape index (κ2) is 6.79. The molecule has 1 saturated carbocycles. The first-order chi connectivity index (χ1) is 8.83. The van der Waals surface area contributed by atoms with Crippen molar-refractivity contribution < 1.29 is 4.74 Å². The molecule has 1 aromatic carbocycles. The molecule has 100 valence electrons. The van der Waals surface area contributed by atoms with E-state index in [4.69, 9.17) is 4.74 Å². The monoisotopic (exact) mass is 247 g/mol. The second-order valence-electron chi connectivity index (χ2n) is 5.29. The molecule has 0 heterocycles. The predicted octanol–water partition coefficient (Wildman–Crippen LogP) is 3.93. The molecule has 2 rings (SSSR count). The maximum atomic E-state index is 5.62. The van der Waals surface area contributed by atoms with Gasteiger partial charge in [-0.25, -0.2) is 0 Å². The summed E-state index contributed by atoms with van der Waals surface area (Å²) in [5.74, 6) is 1.91. The Morgan fingerprint density at radius 3 is 2.50 bits per heavy atom. The van der Waals surface area contributed by atoms with Crippen LogP contribution in [0.2, 0.25) is 0 Å². The van der Waals surface area contributed by atoms with E-state index in [1.54, 1.807) is 0 Å². The SMILES string of the molecule is CCCOc1ccc(C(CC2CCC2)NC)cc1. The van der Waals surface area contributed by atoms with Gasteiger partial charge < -0.3 is 10.1 Å². The van der Waals surface area contributed by atoms with E-state index in [0.29, 0.717) is 6.04 Å². The maximum Gasteiger partial charge on any atom is 0.119 e. The summed E-state index contributed by atoms with van der Waals surface area (Å²) in [6, 6.07) is 9.08. The molecule has 1 N–H and O–H groups in total. The van der Waals surface area contributed by atoms with Gasteiger partial charge in [-0.1, -0.05) is 38.3 Å². The molecule has 1 aromatic rings. The molecule has 0 saturated heterocycles. The van der Waals surface area contributed by atoms with E-state index in [1.807, 2.05) is 0 Å². The highest BCUT2D eigenvalue weighted by atomic mass is 16.5. The Bertz CT molecular complexity index is 343. The highest BCUT2D eigenvalue weighted by Crippen LogP contribution is 2.34. The van der Waals surface area contributed by atoms with Crippen molar-refractivity contribution in [3.05, 3.63) is 29.8 Å². The van der Waals surface area contributed by atoms with Gasteiger partial charge >= 0.3 is 0 Å². The first-order valence-corrected chi connectivity index (χ1v) is 7.23. The van der Waals surface area contributed by atoms with Gasteiger partial charge in [0.15, 0.2) is 0 Å². The molecule has 0 spiro atoms. The zero-order chi connectivity index (χ0) is 12.8. The summed E-state index contributed by atoms with van der Waals surface area (Å²) in [6.07, 6.45) is 6.57. The van der Waals surface area contributed by atoms with E-state index in [1.165, 1.54) is 31.2 Å². The molecular weight excluding hydrogens is 222 g/mol.